The second-order valence-corrected chi connectivity index (χ2v) is 4.96. The Hall–Kier alpha value is -0.710. The zero-order valence-electron chi connectivity index (χ0n) is 11.6. The van der Waals surface area contributed by atoms with Crippen molar-refractivity contribution in [1.29, 1.82) is 0 Å². The summed E-state index contributed by atoms with van der Waals surface area (Å²) in [5.41, 5.74) is 0. The van der Waals surface area contributed by atoms with E-state index in [-0.39, 0.29) is 12.5 Å². The molecular formula is C13H23F2NO2. The van der Waals surface area contributed by atoms with Crippen LogP contribution in [0.25, 0.3) is 0 Å². The van der Waals surface area contributed by atoms with Crippen LogP contribution in [0.3, 0.4) is 0 Å². The maximum Gasteiger partial charge on any atom is 0.260 e. The molecule has 2 aliphatic rings. The van der Waals surface area contributed by atoms with Crippen molar-refractivity contribution in [1.82, 2.24) is 4.90 Å². The van der Waals surface area contributed by atoms with Crippen LogP contribution in [0.15, 0.2) is 0 Å². The summed E-state index contributed by atoms with van der Waals surface area (Å²) < 4.78 is 30.7. The first-order valence-electron chi connectivity index (χ1n) is 6.63. The first-order chi connectivity index (χ1) is 8.45. The van der Waals surface area contributed by atoms with Gasteiger partial charge in [0.05, 0.1) is 12.6 Å². The summed E-state index contributed by atoms with van der Waals surface area (Å²) in [4.78, 5) is 13.4. The Labute approximate surface area is 107 Å². The van der Waals surface area contributed by atoms with Gasteiger partial charge < -0.3 is 9.64 Å². The van der Waals surface area contributed by atoms with Gasteiger partial charge in [-0.05, 0) is 12.3 Å². The SMILES string of the molecule is CC.COCC1CC(C)CN1C(=O)C1CC1(F)F. The van der Waals surface area contributed by atoms with Crippen molar-refractivity contribution in [2.45, 2.75) is 45.6 Å². The topological polar surface area (TPSA) is 29.5 Å². The first-order valence-corrected chi connectivity index (χ1v) is 6.63. The molecule has 1 saturated carbocycles. The van der Waals surface area contributed by atoms with Gasteiger partial charge >= 0.3 is 0 Å². The van der Waals surface area contributed by atoms with Crippen LogP contribution in [0.4, 0.5) is 8.78 Å². The quantitative estimate of drug-likeness (QED) is 0.783. The molecule has 106 valence electrons. The molecule has 18 heavy (non-hydrogen) atoms. The molecule has 5 heteroatoms. The fourth-order valence-corrected chi connectivity index (χ4v) is 2.45. The number of rotatable bonds is 3. The number of halogens is 2. The minimum atomic E-state index is -2.76. The minimum Gasteiger partial charge on any atom is -0.383 e. The molecule has 1 amide bonds. The number of carbonyl (C=O) groups excluding carboxylic acids is 1. The summed E-state index contributed by atoms with van der Waals surface area (Å²) in [6.45, 7) is 7.05. The molecule has 3 unspecified atom stereocenters. The van der Waals surface area contributed by atoms with E-state index < -0.39 is 17.7 Å². The van der Waals surface area contributed by atoms with E-state index in [1.807, 2.05) is 20.8 Å². The normalized spacial score (nSPS) is 32.8. The standard InChI is InChI=1S/C11H17F2NO2.C2H6/c1-7-3-8(6-16-2)14(5-7)10(15)9-4-11(9,12)13;1-2/h7-9H,3-6H2,1-2H3;1-2H3. The van der Waals surface area contributed by atoms with Gasteiger partial charge in [0.15, 0.2) is 0 Å². The van der Waals surface area contributed by atoms with Crippen LogP contribution in [0.1, 0.15) is 33.6 Å². The number of hydrogen-bond acceptors (Lipinski definition) is 2. The van der Waals surface area contributed by atoms with Crippen molar-refractivity contribution in [2.24, 2.45) is 11.8 Å². The third-order valence-corrected chi connectivity index (χ3v) is 3.39. The van der Waals surface area contributed by atoms with Crippen LogP contribution in [-0.2, 0) is 9.53 Å². The highest BCUT2D eigenvalue weighted by Gasteiger charge is 2.63. The Balaban J connectivity index is 0.000000771. The van der Waals surface area contributed by atoms with E-state index in [2.05, 4.69) is 0 Å². The van der Waals surface area contributed by atoms with E-state index in [4.69, 9.17) is 4.74 Å². The average Bonchev–Trinajstić information content (AvgIpc) is 2.80. The molecule has 1 aliphatic carbocycles. The second-order valence-electron chi connectivity index (χ2n) is 4.96. The lowest BCUT2D eigenvalue weighted by Gasteiger charge is -2.24. The Morgan fingerprint density at radius 3 is 2.44 bits per heavy atom. The average molecular weight is 263 g/mol. The number of alkyl halides is 2. The van der Waals surface area contributed by atoms with E-state index in [9.17, 15) is 13.6 Å². The van der Waals surface area contributed by atoms with E-state index >= 15 is 0 Å². The monoisotopic (exact) mass is 263 g/mol. The van der Waals surface area contributed by atoms with Gasteiger partial charge in [0.1, 0.15) is 5.92 Å². The molecule has 1 heterocycles. The lowest BCUT2D eigenvalue weighted by molar-refractivity contribution is -0.136. The van der Waals surface area contributed by atoms with Crippen molar-refractivity contribution >= 4 is 5.91 Å². The number of likely N-dealkylation sites (tertiary alicyclic amines) is 1. The Bertz CT molecular complexity index is 297. The fraction of sp³-hybridized carbons (Fsp3) is 0.923. The third kappa shape index (κ3) is 3.19. The molecule has 1 saturated heterocycles. The summed E-state index contributed by atoms with van der Waals surface area (Å²) in [5.74, 6) is -3.86. The molecule has 0 radical (unpaired) electrons. The smallest absolute Gasteiger partial charge is 0.260 e. The first kappa shape index (κ1) is 15.3. The highest BCUT2D eigenvalue weighted by molar-refractivity contribution is 5.83. The van der Waals surface area contributed by atoms with Crippen LogP contribution in [0, 0.1) is 11.8 Å². The molecule has 0 aromatic rings. The number of nitrogens with zero attached hydrogens (tertiary/aromatic N) is 1. The fourth-order valence-electron chi connectivity index (χ4n) is 2.45. The maximum absolute atomic E-state index is 12.8. The Kier molecular flexibility index (Phi) is 5.08. The van der Waals surface area contributed by atoms with Gasteiger partial charge in [-0.3, -0.25) is 4.79 Å². The van der Waals surface area contributed by atoms with Gasteiger partial charge in [0.2, 0.25) is 5.91 Å². The number of hydrogen-bond donors (Lipinski definition) is 0. The highest BCUT2D eigenvalue weighted by Crippen LogP contribution is 2.50. The van der Waals surface area contributed by atoms with Gasteiger partial charge in [-0.25, -0.2) is 8.78 Å². The van der Waals surface area contributed by atoms with E-state index in [0.29, 0.717) is 19.1 Å². The van der Waals surface area contributed by atoms with Crippen molar-refractivity contribution in [3.8, 4) is 0 Å². The van der Waals surface area contributed by atoms with Crippen molar-refractivity contribution < 1.29 is 18.3 Å². The molecular weight excluding hydrogens is 240 g/mol. The second kappa shape index (κ2) is 5.95. The molecule has 0 aromatic heterocycles. The van der Waals surface area contributed by atoms with Crippen LogP contribution in [0.2, 0.25) is 0 Å². The summed E-state index contributed by atoms with van der Waals surface area (Å²) in [6, 6.07) is -0.0242. The molecule has 3 atom stereocenters. The van der Waals surface area contributed by atoms with Gasteiger partial charge in [0.25, 0.3) is 5.92 Å². The Morgan fingerprint density at radius 2 is 2.00 bits per heavy atom. The zero-order valence-corrected chi connectivity index (χ0v) is 11.6. The lowest BCUT2D eigenvalue weighted by Crippen LogP contribution is -2.40. The third-order valence-electron chi connectivity index (χ3n) is 3.39. The highest BCUT2D eigenvalue weighted by atomic mass is 19.3. The van der Waals surface area contributed by atoms with Gasteiger partial charge in [-0.15, -0.1) is 0 Å². The maximum atomic E-state index is 12.8. The predicted molar refractivity (Wildman–Crippen MR) is 65.6 cm³/mol. The van der Waals surface area contributed by atoms with Crippen LogP contribution >= 0.6 is 0 Å². The molecule has 0 spiro atoms. The molecule has 0 bridgehead atoms. The molecule has 0 aromatic carbocycles. The van der Waals surface area contributed by atoms with Crippen LogP contribution < -0.4 is 0 Å². The summed E-state index contributed by atoms with van der Waals surface area (Å²) in [5, 5.41) is 0. The van der Waals surface area contributed by atoms with Crippen LogP contribution in [-0.4, -0.2) is 43.0 Å². The summed E-state index contributed by atoms with van der Waals surface area (Å²) in [7, 11) is 1.57. The summed E-state index contributed by atoms with van der Waals surface area (Å²) >= 11 is 0. The van der Waals surface area contributed by atoms with Gasteiger partial charge in [0, 0.05) is 20.1 Å². The van der Waals surface area contributed by atoms with E-state index in [1.165, 1.54) is 0 Å². The van der Waals surface area contributed by atoms with E-state index in [0.717, 1.165) is 6.42 Å². The van der Waals surface area contributed by atoms with Gasteiger partial charge in [-0.1, -0.05) is 20.8 Å². The minimum absolute atomic E-state index is 0.0242. The zero-order chi connectivity index (χ0) is 13.9. The van der Waals surface area contributed by atoms with Crippen molar-refractivity contribution in [3.05, 3.63) is 0 Å². The van der Waals surface area contributed by atoms with Crippen LogP contribution in [0.5, 0.6) is 0 Å². The Morgan fingerprint density at radius 1 is 1.44 bits per heavy atom. The van der Waals surface area contributed by atoms with E-state index in [1.54, 1.807) is 12.0 Å². The number of amides is 1. The molecule has 1 aliphatic heterocycles. The molecule has 0 N–H and O–H groups in total. The number of carbonyl (C=O) groups is 1. The lowest BCUT2D eigenvalue weighted by atomic mass is 10.1. The van der Waals surface area contributed by atoms with Crippen molar-refractivity contribution in [3.63, 3.8) is 0 Å². The molecule has 3 nitrogen and oxygen atoms in total. The summed E-state index contributed by atoms with van der Waals surface area (Å²) in [6.07, 6.45) is 0.564. The van der Waals surface area contributed by atoms with Gasteiger partial charge in [-0.2, -0.15) is 0 Å². The molecule has 2 rings (SSSR count). The van der Waals surface area contributed by atoms with Crippen molar-refractivity contribution in [2.75, 3.05) is 20.3 Å². The molecule has 2 fully saturated rings. The largest absolute Gasteiger partial charge is 0.383 e. The predicted octanol–water partition coefficient (Wildman–Crippen LogP) is 2.55. The number of ether oxygens (including phenoxy) is 1. The number of methoxy groups -OCH3 is 1.